The molecule has 0 spiro atoms. The molecule has 6 heteroatoms. The molecule has 18 heavy (non-hydrogen) atoms. The number of aromatic nitrogens is 1. The van der Waals surface area contributed by atoms with E-state index in [1.807, 2.05) is 0 Å². The van der Waals surface area contributed by atoms with Crippen molar-refractivity contribution in [1.29, 1.82) is 0 Å². The number of ether oxygens (including phenoxy) is 1. The first-order valence-corrected chi connectivity index (χ1v) is 6.18. The zero-order valence-electron chi connectivity index (χ0n) is 9.04. The monoisotopic (exact) mass is 331 g/mol. The summed E-state index contributed by atoms with van der Waals surface area (Å²) >= 11 is 8.87. The van der Waals surface area contributed by atoms with E-state index in [-0.39, 0.29) is 18.1 Å². The van der Waals surface area contributed by atoms with E-state index in [9.17, 15) is 9.18 Å². The highest BCUT2D eigenvalue weighted by Crippen LogP contribution is 2.19. The number of rotatable bonds is 3. The Morgan fingerprint density at radius 1 is 1.44 bits per heavy atom. The third kappa shape index (κ3) is 3.11. The predicted molar refractivity (Wildman–Crippen MR) is 69.0 cm³/mol. The van der Waals surface area contributed by atoms with Gasteiger partial charge in [0.2, 0.25) is 0 Å². The molecule has 94 valence electrons. The highest BCUT2D eigenvalue weighted by molar-refractivity contribution is 9.10. The number of carbonyl (C=O) groups excluding carboxylic acids is 1. The number of H-pyrrole nitrogens is 1. The van der Waals surface area contributed by atoms with Crippen LogP contribution in [0.15, 0.2) is 34.9 Å². The fourth-order valence-corrected chi connectivity index (χ4v) is 1.97. The van der Waals surface area contributed by atoms with Crippen LogP contribution in [-0.4, -0.2) is 11.0 Å². The molecule has 0 fully saturated rings. The molecule has 0 aliphatic carbocycles. The summed E-state index contributed by atoms with van der Waals surface area (Å²) in [6.07, 6.45) is 1.49. The molecule has 0 amide bonds. The predicted octanol–water partition coefficient (Wildman–Crippen LogP) is 3.93. The average Bonchev–Trinajstić information content (AvgIpc) is 2.74. The maximum Gasteiger partial charge on any atom is 0.355 e. The summed E-state index contributed by atoms with van der Waals surface area (Å²) in [5, 5.41) is 0.435. The molecule has 0 bridgehead atoms. The Balaban J connectivity index is 2.01. The standard InChI is InChI=1S/C12H8BrClFNO2/c13-10-4-9(15)2-1-7(10)6-18-12(17)11-3-8(14)5-16-11/h1-5,16H,6H2. The molecule has 0 aliphatic heterocycles. The second kappa shape index (κ2) is 5.54. The highest BCUT2D eigenvalue weighted by Gasteiger charge is 2.10. The summed E-state index contributed by atoms with van der Waals surface area (Å²) in [4.78, 5) is 14.3. The molecular formula is C12H8BrClFNO2. The van der Waals surface area contributed by atoms with Crippen molar-refractivity contribution >= 4 is 33.5 Å². The van der Waals surface area contributed by atoms with Crippen LogP contribution in [0.2, 0.25) is 5.02 Å². The van der Waals surface area contributed by atoms with Gasteiger partial charge in [-0.1, -0.05) is 33.6 Å². The van der Waals surface area contributed by atoms with Crippen molar-refractivity contribution in [3.05, 3.63) is 57.0 Å². The van der Waals surface area contributed by atoms with Gasteiger partial charge in [0.1, 0.15) is 18.1 Å². The maximum atomic E-state index is 12.9. The molecule has 0 aliphatic rings. The molecular weight excluding hydrogens is 324 g/mol. The van der Waals surface area contributed by atoms with E-state index in [4.69, 9.17) is 16.3 Å². The number of hydrogen-bond donors (Lipinski definition) is 1. The number of hydrogen-bond acceptors (Lipinski definition) is 2. The Morgan fingerprint density at radius 2 is 2.22 bits per heavy atom. The van der Waals surface area contributed by atoms with Crippen LogP contribution in [-0.2, 0) is 11.3 Å². The maximum absolute atomic E-state index is 12.9. The Kier molecular flexibility index (Phi) is 4.04. The Bertz CT molecular complexity index is 585. The molecule has 2 rings (SSSR count). The molecule has 0 saturated heterocycles. The van der Waals surface area contributed by atoms with Crippen LogP contribution in [0.1, 0.15) is 16.1 Å². The van der Waals surface area contributed by atoms with Crippen LogP contribution in [0.25, 0.3) is 0 Å². The topological polar surface area (TPSA) is 42.1 Å². The van der Waals surface area contributed by atoms with Gasteiger partial charge in [-0.05, 0) is 18.2 Å². The lowest BCUT2D eigenvalue weighted by Crippen LogP contribution is -2.05. The molecule has 0 unspecified atom stereocenters. The first-order chi connectivity index (χ1) is 8.56. The van der Waals surface area contributed by atoms with Crippen LogP contribution >= 0.6 is 27.5 Å². The first kappa shape index (κ1) is 13.1. The van der Waals surface area contributed by atoms with E-state index in [1.165, 1.54) is 24.4 Å². The summed E-state index contributed by atoms with van der Waals surface area (Å²) in [5.74, 6) is -0.869. The number of aromatic amines is 1. The molecule has 1 aromatic carbocycles. The number of esters is 1. The summed E-state index contributed by atoms with van der Waals surface area (Å²) in [6.45, 7) is 0.0519. The van der Waals surface area contributed by atoms with Gasteiger partial charge in [0.05, 0.1) is 5.02 Å². The van der Waals surface area contributed by atoms with Crippen LogP contribution in [0.4, 0.5) is 4.39 Å². The van der Waals surface area contributed by atoms with Crippen molar-refractivity contribution < 1.29 is 13.9 Å². The van der Waals surface area contributed by atoms with Crippen molar-refractivity contribution in [3.8, 4) is 0 Å². The van der Waals surface area contributed by atoms with Gasteiger partial charge >= 0.3 is 5.97 Å². The Hall–Kier alpha value is -1.33. The lowest BCUT2D eigenvalue weighted by molar-refractivity contribution is 0.0466. The third-order valence-corrected chi connectivity index (χ3v) is 3.20. The Morgan fingerprint density at radius 3 is 2.83 bits per heavy atom. The van der Waals surface area contributed by atoms with Crippen molar-refractivity contribution in [1.82, 2.24) is 4.98 Å². The minimum atomic E-state index is -0.516. The second-order valence-electron chi connectivity index (χ2n) is 3.54. The van der Waals surface area contributed by atoms with E-state index < -0.39 is 5.97 Å². The summed E-state index contributed by atoms with van der Waals surface area (Å²) < 4.78 is 18.5. The molecule has 1 N–H and O–H groups in total. The van der Waals surface area contributed by atoms with E-state index >= 15 is 0 Å². The number of carbonyl (C=O) groups is 1. The van der Waals surface area contributed by atoms with Crippen LogP contribution < -0.4 is 0 Å². The van der Waals surface area contributed by atoms with E-state index in [0.717, 1.165) is 0 Å². The minimum absolute atomic E-state index is 0.0519. The van der Waals surface area contributed by atoms with Gasteiger partial charge in [-0.25, -0.2) is 9.18 Å². The first-order valence-electron chi connectivity index (χ1n) is 5.01. The fraction of sp³-hybridized carbons (Fsp3) is 0.0833. The third-order valence-electron chi connectivity index (χ3n) is 2.24. The quantitative estimate of drug-likeness (QED) is 0.865. The fourth-order valence-electron chi connectivity index (χ4n) is 1.35. The van der Waals surface area contributed by atoms with Gasteiger partial charge in [0.15, 0.2) is 0 Å². The number of nitrogens with one attached hydrogen (secondary N) is 1. The zero-order valence-corrected chi connectivity index (χ0v) is 11.4. The summed E-state index contributed by atoms with van der Waals surface area (Å²) in [7, 11) is 0. The van der Waals surface area contributed by atoms with Crippen molar-refractivity contribution in [3.63, 3.8) is 0 Å². The molecule has 0 radical (unpaired) electrons. The minimum Gasteiger partial charge on any atom is -0.456 e. The molecule has 0 atom stereocenters. The van der Waals surface area contributed by atoms with E-state index in [0.29, 0.717) is 15.1 Å². The number of halogens is 3. The average molecular weight is 333 g/mol. The summed E-state index contributed by atoms with van der Waals surface area (Å²) in [6, 6.07) is 5.64. The molecule has 1 heterocycles. The van der Waals surface area contributed by atoms with Gasteiger partial charge < -0.3 is 9.72 Å². The van der Waals surface area contributed by atoms with Gasteiger partial charge in [-0.3, -0.25) is 0 Å². The zero-order chi connectivity index (χ0) is 13.1. The summed E-state index contributed by atoms with van der Waals surface area (Å²) in [5.41, 5.74) is 0.959. The Labute approximate surface area is 116 Å². The van der Waals surface area contributed by atoms with Gasteiger partial charge in [-0.15, -0.1) is 0 Å². The van der Waals surface area contributed by atoms with Crippen molar-refractivity contribution in [2.45, 2.75) is 6.61 Å². The van der Waals surface area contributed by atoms with Gasteiger partial charge in [0, 0.05) is 16.2 Å². The van der Waals surface area contributed by atoms with E-state index in [1.54, 1.807) is 6.07 Å². The van der Waals surface area contributed by atoms with Gasteiger partial charge in [-0.2, -0.15) is 0 Å². The molecule has 1 aromatic heterocycles. The van der Waals surface area contributed by atoms with Gasteiger partial charge in [0.25, 0.3) is 0 Å². The van der Waals surface area contributed by atoms with Crippen LogP contribution in [0, 0.1) is 5.82 Å². The second-order valence-corrected chi connectivity index (χ2v) is 4.83. The van der Waals surface area contributed by atoms with Crippen LogP contribution in [0.3, 0.4) is 0 Å². The van der Waals surface area contributed by atoms with Crippen molar-refractivity contribution in [2.75, 3.05) is 0 Å². The molecule has 0 saturated carbocycles. The lowest BCUT2D eigenvalue weighted by Gasteiger charge is -2.05. The molecule has 2 aromatic rings. The van der Waals surface area contributed by atoms with Crippen LogP contribution in [0.5, 0.6) is 0 Å². The normalized spacial score (nSPS) is 10.4. The SMILES string of the molecule is O=C(OCc1ccc(F)cc1Br)c1cc(Cl)c[nH]1. The van der Waals surface area contributed by atoms with Crippen molar-refractivity contribution in [2.24, 2.45) is 0 Å². The lowest BCUT2D eigenvalue weighted by atomic mass is 10.2. The highest BCUT2D eigenvalue weighted by atomic mass is 79.9. The smallest absolute Gasteiger partial charge is 0.355 e. The largest absolute Gasteiger partial charge is 0.456 e. The molecule has 3 nitrogen and oxygen atoms in total. The number of benzene rings is 1. The van der Waals surface area contributed by atoms with E-state index in [2.05, 4.69) is 20.9 Å².